The summed E-state index contributed by atoms with van der Waals surface area (Å²) < 4.78 is 39.9. The number of ether oxygens (including phenoxy) is 2. The third-order valence-electron chi connectivity index (χ3n) is 6.36. The molecule has 178 valence electrons. The van der Waals surface area contributed by atoms with E-state index in [1.165, 1.54) is 22.7 Å². The van der Waals surface area contributed by atoms with Crippen molar-refractivity contribution in [3.05, 3.63) is 44.8 Å². The highest BCUT2D eigenvalue weighted by Crippen LogP contribution is 2.52. The third-order valence-corrected chi connectivity index (χ3v) is 8.32. The third kappa shape index (κ3) is 4.83. The van der Waals surface area contributed by atoms with Crippen molar-refractivity contribution in [1.82, 2.24) is 0 Å². The lowest BCUT2D eigenvalue weighted by Crippen LogP contribution is -2.60. The molecular formula is C20H26BrNO7S3. The molecule has 0 radical (unpaired) electrons. The van der Waals surface area contributed by atoms with Crippen LogP contribution in [0.25, 0.3) is 0 Å². The van der Waals surface area contributed by atoms with Crippen LogP contribution in [0.1, 0.15) is 22.6 Å². The number of rotatable bonds is 4. The first kappa shape index (κ1) is 25.8. The summed E-state index contributed by atoms with van der Waals surface area (Å²) in [6, 6.07) is 8.01. The number of likely N-dealkylation sites (N-methyl/N-ethyl adjacent to an activating group) is 1. The molecule has 1 unspecified atom stereocenters. The number of carbonyl (C=O) groups excluding carboxylic acids is 1. The van der Waals surface area contributed by atoms with Gasteiger partial charge in [0.1, 0.15) is 30.4 Å². The molecule has 2 bridgehead atoms. The van der Waals surface area contributed by atoms with E-state index in [4.69, 9.17) is 22.4 Å². The molecule has 0 spiro atoms. The Hall–Kier alpha value is -0.860. The first-order valence-electron chi connectivity index (χ1n) is 9.83. The predicted octanol–water partition coefficient (Wildman–Crippen LogP) is 2.08. The number of piperidine rings is 1. The topological polar surface area (TPSA) is 116 Å². The average Bonchev–Trinajstić information content (AvgIpc) is 3.01. The van der Waals surface area contributed by atoms with Gasteiger partial charge in [-0.2, -0.15) is 0 Å². The fraction of sp³-hybridized carbons (Fsp3) is 0.550. The fourth-order valence-corrected chi connectivity index (χ4v) is 6.54. The number of quaternary nitrogens is 1. The molecule has 5 rings (SSSR count). The van der Waals surface area contributed by atoms with E-state index in [9.17, 15) is 9.90 Å². The molecule has 5 heterocycles. The van der Waals surface area contributed by atoms with Gasteiger partial charge >= 0.3 is 5.97 Å². The van der Waals surface area contributed by atoms with E-state index < -0.39 is 21.7 Å². The molecule has 8 nitrogen and oxygen atoms in total. The highest BCUT2D eigenvalue weighted by molar-refractivity contribution is 8.93. The molecule has 3 aliphatic rings. The highest BCUT2D eigenvalue weighted by Gasteiger charge is 2.71. The van der Waals surface area contributed by atoms with Gasteiger partial charge in [-0.25, -0.2) is 13.2 Å². The molecule has 1 N–H and O–H groups in total. The van der Waals surface area contributed by atoms with Gasteiger partial charge in [0.2, 0.25) is 5.60 Å². The van der Waals surface area contributed by atoms with Crippen molar-refractivity contribution in [3.8, 4) is 0 Å². The van der Waals surface area contributed by atoms with Gasteiger partial charge in [-0.3, -0.25) is 0 Å². The zero-order chi connectivity index (χ0) is 22.6. The molecule has 32 heavy (non-hydrogen) atoms. The lowest BCUT2D eigenvalue weighted by Gasteiger charge is -2.45. The molecule has 5 atom stereocenters. The summed E-state index contributed by atoms with van der Waals surface area (Å²) in [6.07, 6.45) is 2.65. The quantitative estimate of drug-likeness (QED) is 0.260. The van der Waals surface area contributed by atoms with Gasteiger partial charge in [-0.1, -0.05) is 12.1 Å². The van der Waals surface area contributed by atoms with E-state index in [-0.39, 0.29) is 23.1 Å². The largest absolute Gasteiger partial charge is 0.748 e. The Morgan fingerprint density at radius 3 is 1.97 bits per heavy atom. The Labute approximate surface area is 205 Å². The molecule has 0 aromatic carbocycles. The Bertz CT molecular complexity index is 977. The predicted molar refractivity (Wildman–Crippen MR) is 125 cm³/mol. The van der Waals surface area contributed by atoms with Crippen LogP contribution < -0.4 is 0 Å². The number of aliphatic hydroxyl groups is 1. The second-order valence-electron chi connectivity index (χ2n) is 8.70. The number of morpholine rings is 1. The maximum atomic E-state index is 13.1. The minimum atomic E-state index is -3.92. The molecule has 2 aromatic heterocycles. The molecule has 0 aliphatic carbocycles. The number of esters is 1. The first-order chi connectivity index (χ1) is 14.4. The van der Waals surface area contributed by atoms with Gasteiger partial charge in [0, 0.05) is 19.1 Å². The normalized spacial score (nSPS) is 29.7. The maximum Gasteiger partial charge on any atom is 0.349 e. The van der Waals surface area contributed by atoms with Gasteiger partial charge in [0.05, 0.1) is 34.0 Å². The SMILES string of the molecule is Br.CS(=O)(=O)[O-].C[N+]1(C)[C@@H]2CC(OC(=O)C(O)(c3cccs3)c3cccs3)C[C@H]1[C@@H]1O[C@@H]12. The highest BCUT2D eigenvalue weighted by atomic mass is 79.9. The maximum absolute atomic E-state index is 13.1. The van der Waals surface area contributed by atoms with E-state index in [0.717, 1.165) is 17.3 Å². The van der Waals surface area contributed by atoms with Gasteiger partial charge < -0.3 is 23.6 Å². The summed E-state index contributed by atoms with van der Waals surface area (Å²) in [4.78, 5) is 14.3. The minimum absolute atomic E-state index is 0. The number of fused-ring (bicyclic) bond motifs is 5. The van der Waals surface area contributed by atoms with Crippen LogP contribution in [-0.2, 0) is 30.0 Å². The summed E-state index contributed by atoms with van der Waals surface area (Å²) in [7, 11) is 0.576. The Morgan fingerprint density at radius 2 is 1.59 bits per heavy atom. The molecule has 3 fully saturated rings. The van der Waals surface area contributed by atoms with Crippen LogP contribution in [0.4, 0.5) is 0 Å². The van der Waals surface area contributed by atoms with Crippen LogP contribution >= 0.6 is 39.7 Å². The van der Waals surface area contributed by atoms with Gasteiger partial charge in [0.25, 0.3) is 0 Å². The zero-order valence-electron chi connectivity index (χ0n) is 17.7. The Morgan fingerprint density at radius 1 is 1.16 bits per heavy atom. The molecule has 0 saturated carbocycles. The number of epoxide rings is 1. The van der Waals surface area contributed by atoms with Crippen molar-refractivity contribution in [2.45, 2.75) is 48.8 Å². The van der Waals surface area contributed by atoms with Crippen LogP contribution in [0.5, 0.6) is 0 Å². The molecule has 3 saturated heterocycles. The van der Waals surface area contributed by atoms with Crippen LogP contribution in [0.2, 0.25) is 0 Å². The Balaban J connectivity index is 0.000000438. The second-order valence-corrected chi connectivity index (χ2v) is 12.0. The van der Waals surface area contributed by atoms with Crippen molar-refractivity contribution in [1.29, 1.82) is 0 Å². The van der Waals surface area contributed by atoms with Crippen LogP contribution in [0.3, 0.4) is 0 Å². The van der Waals surface area contributed by atoms with Crippen LogP contribution in [-0.4, -0.2) is 79.3 Å². The van der Waals surface area contributed by atoms with Crippen LogP contribution in [0.15, 0.2) is 35.0 Å². The van der Waals surface area contributed by atoms with Crippen molar-refractivity contribution in [3.63, 3.8) is 0 Å². The van der Waals surface area contributed by atoms with Crippen molar-refractivity contribution in [2.75, 3.05) is 20.4 Å². The average molecular weight is 569 g/mol. The number of halogens is 1. The molecule has 0 amide bonds. The minimum Gasteiger partial charge on any atom is -0.748 e. The number of nitrogens with zero attached hydrogens (tertiary/aromatic N) is 1. The van der Waals surface area contributed by atoms with E-state index in [0.29, 0.717) is 40.3 Å². The molecule has 2 aromatic rings. The zero-order valence-corrected chi connectivity index (χ0v) is 21.9. The Kier molecular flexibility index (Phi) is 7.30. The van der Waals surface area contributed by atoms with Crippen molar-refractivity contribution >= 4 is 55.7 Å². The summed E-state index contributed by atoms with van der Waals surface area (Å²) >= 11 is 2.74. The van der Waals surface area contributed by atoms with Crippen LogP contribution in [0, 0.1) is 0 Å². The molecule has 3 aliphatic heterocycles. The number of hydrogen-bond acceptors (Lipinski definition) is 9. The lowest BCUT2D eigenvalue weighted by molar-refractivity contribution is -0.938. The molecule has 12 heteroatoms. The van der Waals surface area contributed by atoms with E-state index in [1.807, 2.05) is 22.9 Å². The van der Waals surface area contributed by atoms with E-state index in [2.05, 4.69) is 14.1 Å². The van der Waals surface area contributed by atoms with E-state index >= 15 is 0 Å². The van der Waals surface area contributed by atoms with E-state index in [1.54, 1.807) is 12.1 Å². The summed E-state index contributed by atoms with van der Waals surface area (Å²) in [5.74, 6) is -0.561. The summed E-state index contributed by atoms with van der Waals surface area (Å²) in [5.41, 5.74) is -1.72. The smallest absolute Gasteiger partial charge is 0.349 e. The second kappa shape index (κ2) is 9.06. The monoisotopic (exact) mass is 567 g/mol. The number of thiophene rings is 2. The summed E-state index contributed by atoms with van der Waals surface area (Å²) in [6.45, 7) is 0. The summed E-state index contributed by atoms with van der Waals surface area (Å²) in [5, 5.41) is 15.1. The standard InChI is InChI=1S/C19H22NO4S2.CH4O3S.BrH/c1-20(2)12-9-11(10-13(20)17-16(12)24-17)23-18(21)19(22,14-5-3-7-25-14)15-6-4-8-26-15;1-5(2,3)4;/h3-8,11-13,16-17,22H,9-10H2,1-2H3;1H3,(H,2,3,4);1H/q+1;;/p-1/t11?,12-,13+,16-,17+;;. The number of hydrogen-bond donors (Lipinski definition) is 1. The van der Waals surface area contributed by atoms with Crippen molar-refractivity contribution in [2.24, 2.45) is 0 Å². The van der Waals surface area contributed by atoms with Gasteiger partial charge in [0.15, 0.2) is 0 Å². The van der Waals surface area contributed by atoms with Crippen molar-refractivity contribution < 1.29 is 36.8 Å². The lowest BCUT2D eigenvalue weighted by atomic mass is 9.95. The number of carbonyl (C=O) groups is 1. The first-order valence-corrected chi connectivity index (χ1v) is 13.4. The fourth-order valence-electron chi connectivity index (χ4n) is 4.83. The molecular weight excluding hydrogens is 542 g/mol. The van der Waals surface area contributed by atoms with Gasteiger partial charge in [-0.05, 0) is 22.9 Å². The van der Waals surface area contributed by atoms with Gasteiger partial charge in [-0.15, -0.1) is 39.7 Å².